The van der Waals surface area contributed by atoms with Crippen LogP contribution >= 0.6 is 22.3 Å². The lowest BCUT2D eigenvalue weighted by atomic mass is 10.1. The van der Waals surface area contributed by atoms with Gasteiger partial charge < -0.3 is 4.74 Å². The van der Waals surface area contributed by atoms with Crippen LogP contribution in [0.15, 0.2) is 64.4 Å². The molecule has 1 N–H and O–H groups in total. The van der Waals surface area contributed by atoms with Gasteiger partial charge in [0.1, 0.15) is 0 Å². The number of unbranched alkanes of at least 4 members (excludes halogenated alkanes) is 1. The number of hydrogen-bond donors (Lipinski definition) is 1. The van der Waals surface area contributed by atoms with Crippen LogP contribution in [0.4, 0.5) is 5.69 Å². The van der Waals surface area contributed by atoms with Gasteiger partial charge in [-0.3, -0.25) is 9.52 Å². The molecule has 0 unspecified atom stereocenters. The average molecular weight is 625 g/mol. The number of esters is 1. The number of carbonyl (C=O) groups is 1. The Balaban J connectivity index is 0.000000389. The molecule has 214 valence electrons. The van der Waals surface area contributed by atoms with Crippen molar-refractivity contribution in [1.82, 2.24) is 0 Å². The number of rotatable bonds is 7. The number of sulfonamides is 1. The minimum atomic E-state index is -3.77. The summed E-state index contributed by atoms with van der Waals surface area (Å²) in [5.74, 6) is 5.58. The highest BCUT2D eigenvalue weighted by atomic mass is 35.7. The maximum absolute atomic E-state index is 12.8. The molecule has 0 bridgehead atoms. The summed E-state index contributed by atoms with van der Waals surface area (Å²) < 4.78 is 54.5. The first kappa shape index (κ1) is 33.2. The molecule has 11 heteroatoms. The number of nitrogens with one attached hydrogen (secondary N) is 1. The Morgan fingerprint density at radius 2 is 1.38 bits per heavy atom. The first-order valence-electron chi connectivity index (χ1n) is 12.1. The third-order valence-electron chi connectivity index (χ3n) is 5.34. The molecule has 0 atom stereocenters. The third kappa shape index (κ3) is 10.9. The van der Waals surface area contributed by atoms with E-state index in [4.69, 9.17) is 22.3 Å². The van der Waals surface area contributed by atoms with Gasteiger partial charge >= 0.3 is 5.97 Å². The Kier molecular flexibility index (Phi) is 12.1. The topological polar surface area (TPSA) is 107 Å². The lowest BCUT2D eigenvalue weighted by molar-refractivity contribution is -0.140. The van der Waals surface area contributed by atoms with Gasteiger partial charge in [-0.1, -0.05) is 35.6 Å². The molecule has 0 aromatic heterocycles. The van der Waals surface area contributed by atoms with Gasteiger partial charge in [-0.15, -0.1) is 0 Å². The zero-order valence-electron chi connectivity index (χ0n) is 22.8. The van der Waals surface area contributed by atoms with Gasteiger partial charge in [0.15, 0.2) is 0 Å². The summed E-state index contributed by atoms with van der Waals surface area (Å²) >= 11 is 6.04. The molecule has 0 spiro atoms. The van der Waals surface area contributed by atoms with Crippen LogP contribution in [0, 0.1) is 39.5 Å². The highest BCUT2D eigenvalue weighted by Crippen LogP contribution is 2.24. The highest BCUT2D eigenvalue weighted by Gasteiger charge is 2.17. The van der Waals surface area contributed by atoms with Crippen molar-refractivity contribution in [1.29, 1.82) is 0 Å². The molecular weight excluding hydrogens is 593 g/mol. The minimum Gasteiger partial charge on any atom is -0.469 e. The van der Waals surface area contributed by atoms with E-state index in [1.54, 1.807) is 42.5 Å². The highest BCUT2D eigenvalue weighted by molar-refractivity contribution is 8.13. The predicted octanol–water partition coefficient (Wildman–Crippen LogP) is 6.68. The summed E-state index contributed by atoms with van der Waals surface area (Å²) in [5, 5.41) is 0.452. The van der Waals surface area contributed by atoms with Crippen molar-refractivity contribution in [3.05, 3.63) is 87.4 Å². The van der Waals surface area contributed by atoms with Crippen LogP contribution in [0.25, 0.3) is 0 Å². The van der Waals surface area contributed by atoms with Gasteiger partial charge in [0.25, 0.3) is 19.1 Å². The van der Waals surface area contributed by atoms with E-state index >= 15 is 0 Å². The van der Waals surface area contributed by atoms with Crippen LogP contribution in [0.2, 0.25) is 5.02 Å². The molecule has 0 aliphatic carbocycles. The number of carbonyl (C=O) groups excluding carboxylic acids is 1. The van der Waals surface area contributed by atoms with Crippen molar-refractivity contribution in [3.8, 4) is 11.8 Å². The Bertz CT molecular complexity index is 1620. The normalized spacial score (nSPS) is 11.0. The number of hydrogen-bond acceptors (Lipinski definition) is 6. The molecule has 7 nitrogen and oxygen atoms in total. The van der Waals surface area contributed by atoms with Gasteiger partial charge in [0, 0.05) is 28.5 Å². The molecule has 0 heterocycles. The number of halogens is 2. The van der Waals surface area contributed by atoms with Crippen LogP contribution in [0.1, 0.15) is 47.1 Å². The van der Waals surface area contributed by atoms with E-state index < -0.39 is 19.1 Å². The Morgan fingerprint density at radius 1 is 0.850 bits per heavy atom. The fourth-order valence-corrected chi connectivity index (χ4v) is 6.02. The van der Waals surface area contributed by atoms with E-state index in [1.807, 2.05) is 39.8 Å². The van der Waals surface area contributed by atoms with Crippen molar-refractivity contribution < 1.29 is 26.4 Å². The van der Waals surface area contributed by atoms with Crippen molar-refractivity contribution in [3.63, 3.8) is 0 Å². The van der Waals surface area contributed by atoms with E-state index in [9.17, 15) is 21.6 Å². The Morgan fingerprint density at radius 3 is 1.88 bits per heavy atom. The summed E-state index contributed by atoms with van der Waals surface area (Å²) in [4.78, 5) is 11.5. The molecule has 0 saturated carbocycles. The van der Waals surface area contributed by atoms with E-state index in [0.717, 1.165) is 22.3 Å². The lowest BCUT2D eigenvalue weighted by Crippen LogP contribution is -2.14. The summed E-state index contributed by atoms with van der Waals surface area (Å²) in [7, 11) is -0.825. The molecule has 0 fully saturated rings. The van der Waals surface area contributed by atoms with Gasteiger partial charge in [-0.05, 0) is 98.8 Å². The summed E-state index contributed by atoms with van der Waals surface area (Å²) in [5.41, 5.74) is 4.34. The van der Waals surface area contributed by atoms with E-state index in [0.29, 0.717) is 29.1 Å². The van der Waals surface area contributed by atoms with Gasteiger partial charge in [-0.25, -0.2) is 16.8 Å². The van der Waals surface area contributed by atoms with E-state index in [-0.39, 0.29) is 22.2 Å². The SMILES string of the molecule is COC(=O)CCCC#Cc1cc(Cl)ccc1NS(=O)(=O)c1cc(C)cc(C)c1.Cc1cc(C)cc(S(=O)(=O)Cl)c1. The second-order valence-corrected chi connectivity index (χ2v) is 13.8. The molecule has 0 amide bonds. The van der Waals surface area contributed by atoms with Gasteiger partial charge in [-0.2, -0.15) is 0 Å². The molecular formula is C29H31Cl2NO6S2. The number of anilines is 1. The summed E-state index contributed by atoms with van der Waals surface area (Å²) in [6.45, 7) is 7.36. The first-order valence-corrected chi connectivity index (χ1v) is 16.3. The molecule has 0 aliphatic heterocycles. The van der Waals surface area contributed by atoms with Crippen LogP contribution in [0.5, 0.6) is 0 Å². The fourth-order valence-electron chi connectivity index (χ4n) is 3.66. The van der Waals surface area contributed by atoms with Crippen molar-refractivity contribution >= 4 is 53.0 Å². The minimum absolute atomic E-state index is 0.168. The summed E-state index contributed by atoms with van der Waals surface area (Å²) in [6.07, 6.45) is 1.32. The molecule has 3 aromatic carbocycles. The quantitative estimate of drug-likeness (QED) is 0.136. The number of methoxy groups -OCH3 is 1. The van der Waals surface area contributed by atoms with Gasteiger partial charge in [0.05, 0.1) is 28.2 Å². The Hall–Kier alpha value is -3.03. The standard InChI is InChI=1S/C21H22ClNO4S.C8H9ClO2S/c1-15-11-16(2)13-19(12-15)28(25,26)23-20-10-9-18(22)14-17(20)7-5-4-6-8-21(24)27-3;1-6-3-7(2)5-8(4-6)12(9,10)11/h9-14,23H,4,6,8H2,1-3H3;3-5H,1-2H3. The smallest absolute Gasteiger partial charge is 0.305 e. The molecule has 0 aliphatic rings. The average Bonchev–Trinajstić information content (AvgIpc) is 2.84. The second kappa shape index (κ2) is 14.6. The van der Waals surface area contributed by atoms with E-state index in [2.05, 4.69) is 21.3 Å². The van der Waals surface area contributed by atoms with Crippen LogP contribution in [-0.4, -0.2) is 29.9 Å². The Labute approximate surface area is 246 Å². The van der Waals surface area contributed by atoms with Crippen molar-refractivity contribution in [2.45, 2.75) is 56.7 Å². The zero-order valence-corrected chi connectivity index (χ0v) is 26.0. The van der Waals surface area contributed by atoms with E-state index in [1.165, 1.54) is 7.11 Å². The second-order valence-electron chi connectivity index (χ2n) is 9.11. The molecule has 0 radical (unpaired) electrons. The zero-order chi connectivity index (χ0) is 30.1. The largest absolute Gasteiger partial charge is 0.469 e. The molecule has 0 saturated heterocycles. The first-order chi connectivity index (χ1) is 18.6. The van der Waals surface area contributed by atoms with Crippen LogP contribution < -0.4 is 4.72 Å². The summed E-state index contributed by atoms with van der Waals surface area (Å²) in [6, 6.07) is 14.9. The lowest BCUT2D eigenvalue weighted by Gasteiger charge is -2.11. The molecule has 3 aromatic rings. The molecule has 3 rings (SSSR count). The molecule has 40 heavy (non-hydrogen) atoms. The monoisotopic (exact) mass is 623 g/mol. The maximum atomic E-state index is 12.8. The predicted molar refractivity (Wildman–Crippen MR) is 160 cm³/mol. The van der Waals surface area contributed by atoms with Crippen molar-refractivity contribution in [2.24, 2.45) is 0 Å². The third-order valence-corrected chi connectivity index (χ3v) is 8.25. The number of benzene rings is 3. The van der Waals surface area contributed by atoms with Gasteiger partial charge in [0.2, 0.25) is 0 Å². The maximum Gasteiger partial charge on any atom is 0.305 e. The van der Waals surface area contributed by atoms with Crippen LogP contribution in [0.3, 0.4) is 0 Å². The van der Waals surface area contributed by atoms with Crippen LogP contribution in [-0.2, 0) is 28.6 Å². The number of ether oxygens (including phenoxy) is 1. The number of aryl methyl sites for hydroxylation is 4. The van der Waals surface area contributed by atoms with Crippen molar-refractivity contribution in [2.75, 3.05) is 11.8 Å². The fraction of sp³-hybridized carbons (Fsp3) is 0.276.